The third-order valence-corrected chi connectivity index (χ3v) is 4.40. The zero-order valence-corrected chi connectivity index (χ0v) is 16.2. The molecule has 0 unspecified atom stereocenters. The predicted molar refractivity (Wildman–Crippen MR) is 108 cm³/mol. The molecule has 0 saturated heterocycles. The van der Waals surface area contributed by atoms with Crippen molar-refractivity contribution < 1.29 is 18.7 Å². The van der Waals surface area contributed by atoms with Crippen molar-refractivity contribution in [2.45, 2.75) is 26.0 Å². The molecule has 150 valence electrons. The molecule has 3 rings (SSSR count). The van der Waals surface area contributed by atoms with E-state index in [0.717, 1.165) is 22.4 Å². The zero-order valence-electron chi connectivity index (χ0n) is 16.2. The van der Waals surface area contributed by atoms with Crippen LogP contribution in [0.25, 0.3) is 0 Å². The van der Waals surface area contributed by atoms with Gasteiger partial charge in [-0.25, -0.2) is 4.39 Å². The molecule has 1 N–H and O–H groups in total. The van der Waals surface area contributed by atoms with Crippen molar-refractivity contribution in [3.05, 3.63) is 89.5 Å². The predicted octanol–water partition coefficient (Wildman–Crippen LogP) is 4.06. The molecule has 6 heteroatoms. The van der Waals surface area contributed by atoms with E-state index >= 15 is 0 Å². The minimum absolute atomic E-state index is 0.0851. The minimum Gasteiger partial charge on any atom is -0.494 e. The van der Waals surface area contributed by atoms with Crippen molar-refractivity contribution in [3.63, 3.8) is 0 Å². The average Bonchev–Trinajstić information content (AvgIpc) is 2.76. The SMILES string of the molecule is COc1ccc(CCC(=O)NCc2ccc(OCc3cccnc3)cc2)cc1F. The van der Waals surface area contributed by atoms with Crippen LogP contribution in [0.15, 0.2) is 67.0 Å². The number of aryl methyl sites for hydroxylation is 1. The fourth-order valence-corrected chi connectivity index (χ4v) is 2.77. The highest BCUT2D eigenvalue weighted by atomic mass is 19.1. The molecule has 1 heterocycles. The van der Waals surface area contributed by atoms with Crippen LogP contribution in [0.3, 0.4) is 0 Å². The highest BCUT2D eigenvalue weighted by Gasteiger charge is 2.06. The highest BCUT2D eigenvalue weighted by Crippen LogP contribution is 2.18. The fourth-order valence-electron chi connectivity index (χ4n) is 2.77. The van der Waals surface area contributed by atoms with Gasteiger partial charge in [-0.2, -0.15) is 0 Å². The Balaban J connectivity index is 1.41. The van der Waals surface area contributed by atoms with E-state index in [2.05, 4.69) is 10.3 Å². The van der Waals surface area contributed by atoms with Crippen LogP contribution in [0.1, 0.15) is 23.1 Å². The number of hydrogen-bond donors (Lipinski definition) is 1. The molecular weight excluding hydrogens is 371 g/mol. The van der Waals surface area contributed by atoms with Crippen LogP contribution in [0.2, 0.25) is 0 Å². The number of carbonyl (C=O) groups excluding carboxylic acids is 1. The number of rotatable bonds is 9. The largest absolute Gasteiger partial charge is 0.494 e. The Bertz CT molecular complexity index is 931. The van der Waals surface area contributed by atoms with Crippen LogP contribution in [0.4, 0.5) is 4.39 Å². The summed E-state index contributed by atoms with van der Waals surface area (Å²) in [6.07, 6.45) is 4.25. The summed E-state index contributed by atoms with van der Waals surface area (Å²) in [7, 11) is 1.42. The third-order valence-electron chi connectivity index (χ3n) is 4.40. The Hall–Kier alpha value is -3.41. The van der Waals surface area contributed by atoms with Gasteiger partial charge in [0.15, 0.2) is 11.6 Å². The third kappa shape index (κ3) is 6.31. The molecule has 5 nitrogen and oxygen atoms in total. The number of nitrogens with zero attached hydrogens (tertiary/aromatic N) is 1. The summed E-state index contributed by atoms with van der Waals surface area (Å²) in [5.41, 5.74) is 2.73. The quantitative estimate of drug-likeness (QED) is 0.595. The second-order valence-corrected chi connectivity index (χ2v) is 6.54. The number of pyridine rings is 1. The van der Waals surface area contributed by atoms with Gasteiger partial charge >= 0.3 is 0 Å². The van der Waals surface area contributed by atoms with Gasteiger partial charge in [-0.1, -0.05) is 24.3 Å². The first-order valence-corrected chi connectivity index (χ1v) is 9.34. The van der Waals surface area contributed by atoms with E-state index in [1.165, 1.54) is 13.2 Å². The Labute approximate surface area is 169 Å². The summed E-state index contributed by atoms with van der Waals surface area (Å²) in [5.74, 6) is 0.450. The number of halogens is 1. The maximum atomic E-state index is 13.7. The maximum Gasteiger partial charge on any atom is 0.220 e. The number of carbonyl (C=O) groups is 1. The van der Waals surface area contributed by atoms with Gasteiger partial charge in [-0.05, 0) is 47.9 Å². The van der Waals surface area contributed by atoms with Crippen molar-refractivity contribution in [2.24, 2.45) is 0 Å². The first-order valence-electron chi connectivity index (χ1n) is 9.34. The monoisotopic (exact) mass is 394 g/mol. The van der Waals surface area contributed by atoms with Gasteiger partial charge in [0.2, 0.25) is 5.91 Å². The standard InChI is InChI=1S/C23H23FN2O3/c1-28-22-10-6-17(13-21(22)24)7-11-23(27)26-15-18-4-8-20(9-5-18)29-16-19-3-2-12-25-14-19/h2-6,8-10,12-14H,7,11,15-16H2,1H3,(H,26,27). The molecule has 0 aliphatic carbocycles. The van der Waals surface area contributed by atoms with Gasteiger partial charge in [-0.15, -0.1) is 0 Å². The first kappa shape index (κ1) is 20.3. The zero-order chi connectivity index (χ0) is 20.5. The summed E-state index contributed by atoms with van der Waals surface area (Å²) in [4.78, 5) is 16.1. The van der Waals surface area contributed by atoms with Crippen LogP contribution < -0.4 is 14.8 Å². The van der Waals surface area contributed by atoms with E-state index in [1.807, 2.05) is 36.4 Å². The van der Waals surface area contributed by atoms with E-state index in [9.17, 15) is 9.18 Å². The van der Waals surface area contributed by atoms with Crippen LogP contribution in [-0.4, -0.2) is 18.0 Å². The normalized spacial score (nSPS) is 10.4. The summed E-state index contributed by atoms with van der Waals surface area (Å²) in [5, 5.41) is 2.88. The smallest absolute Gasteiger partial charge is 0.220 e. The van der Waals surface area contributed by atoms with Gasteiger partial charge in [0, 0.05) is 30.9 Å². The number of methoxy groups -OCH3 is 1. The van der Waals surface area contributed by atoms with E-state index in [-0.39, 0.29) is 18.1 Å². The molecule has 1 aromatic heterocycles. The molecular formula is C23H23FN2O3. The van der Waals surface area contributed by atoms with Crippen molar-refractivity contribution in [3.8, 4) is 11.5 Å². The van der Waals surface area contributed by atoms with Crippen molar-refractivity contribution in [2.75, 3.05) is 7.11 Å². The molecule has 0 spiro atoms. The molecule has 0 aliphatic heterocycles. The lowest BCUT2D eigenvalue weighted by atomic mass is 10.1. The van der Waals surface area contributed by atoms with E-state index in [4.69, 9.17) is 9.47 Å². The number of aromatic nitrogens is 1. The molecule has 0 bridgehead atoms. The van der Waals surface area contributed by atoms with Crippen molar-refractivity contribution in [1.82, 2.24) is 10.3 Å². The fraction of sp³-hybridized carbons (Fsp3) is 0.217. The Kier molecular flexibility index (Phi) is 7.16. The Morgan fingerprint density at radius 2 is 1.86 bits per heavy atom. The molecule has 1 amide bonds. The molecule has 29 heavy (non-hydrogen) atoms. The van der Waals surface area contributed by atoms with Crippen LogP contribution in [0, 0.1) is 5.82 Å². The first-order chi connectivity index (χ1) is 14.1. The summed E-state index contributed by atoms with van der Waals surface area (Å²) in [6.45, 7) is 0.884. The van der Waals surface area contributed by atoms with Crippen LogP contribution >= 0.6 is 0 Å². The van der Waals surface area contributed by atoms with Crippen LogP contribution in [0.5, 0.6) is 11.5 Å². The Morgan fingerprint density at radius 1 is 1.07 bits per heavy atom. The summed E-state index contributed by atoms with van der Waals surface area (Å²) >= 11 is 0. The summed E-state index contributed by atoms with van der Waals surface area (Å²) in [6, 6.07) is 16.1. The van der Waals surface area contributed by atoms with Crippen LogP contribution in [-0.2, 0) is 24.4 Å². The average molecular weight is 394 g/mol. The minimum atomic E-state index is -0.420. The highest BCUT2D eigenvalue weighted by molar-refractivity contribution is 5.76. The Morgan fingerprint density at radius 3 is 2.55 bits per heavy atom. The lowest BCUT2D eigenvalue weighted by Gasteiger charge is -2.09. The number of benzene rings is 2. The number of nitrogens with one attached hydrogen (secondary N) is 1. The molecule has 0 atom stereocenters. The van der Waals surface area contributed by atoms with E-state index in [0.29, 0.717) is 19.6 Å². The van der Waals surface area contributed by atoms with Gasteiger partial charge in [0.1, 0.15) is 12.4 Å². The molecule has 0 radical (unpaired) electrons. The van der Waals surface area contributed by atoms with Gasteiger partial charge in [-0.3, -0.25) is 9.78 Å². The lowest BCUT2D eigenvalue weighted by Crippen LogP contribution is -2.23. The van der Waals surface area contributed by atoms with E-state index < -0.39 is 5.82 Å². The summed E-state index contributed by atoms with van der Waals surface area (Å²) < 4.78 is 24.3. The molecule has 0 fully saturated rings. The molecule has 2 aromatic carbocycles. The topological polar surface area (TPSA) is 60.5 Å². The van der Waals surface area contributed by atoms with Gasteiger partial charge < -0.3 is 14.8 Å². The second-order valence-electron chi connectivity index (χ2n) is 6.54. The second kappa shape index (κ2) is 10.2. The maximum absolute atomic E-state index is 13.7. The number of amides is 1. The molecule has 3 aromatic rings. The van der Waals surface area contributed by atoms with Gasteiger partial charge in [0.25, 0.3) is 0 Å². The van der Waals surface area contributed by atoms with Crippen molar-refractivity contribution >= 4 is 5.91 Å². The van der Waals surface area contributed by atoms with E-state index in [1.54, 1.807) is 24.5 Å². The number of hydrogen-bond acceptors (Lipinski definition) is 4. The van der Waals surface area contributed by atoms with Crippen molar-refractivity contribution in [1.29, 1.82) is 0 Å². The molecule has 0 saturated carbocycles. The number of ether oxygens (including phenoxy) is 2. The molecule has 0 aliphatic rings. The lowest BCUT2D eigenvalue weighted by molar-refractivity contribution is -0.121. The van der Waals surface area contributed by atoms with Gasteiger partial charge in [0.05, 0.1) is 7.11 Å².